The van der Waals surface area contributed by atoms with Gasteiger partial charge in [-0.05, 0) is 58.7 Å². The van der Waals surface area contributed by atoms with Crippen LogP contribution in [0.2, 0.25) is 0 Å². The van der Waals surface area contributed by atoms with E-state index in [0.717, 1.165) is 50.2 Å². The van der Waals surface area contributed by atoms with Gasteiger partial charge in [0.05, 0.1) is 16.6 Å². The SMILES string of the molecule is CC(c1ccccc1)c1ccc(-n2c(-c3ccccc3O)nc3c(-c4[c-]c(-c5cc(-c6ccccc6)ccn5)ccc4)cccc32)cc1.[Pt]. The number of nitrogens with zero attached hydrogens (tertiary/aromatic N) is 3. The number of rotatable bonds is 7. The molecule has 0 amide bonds. The molecule has 4 nitrogen and oxygen atoms in total. The molecule has 2 heterocycles. The maximum atomic E-state index is 11.0. The number of imidazole rings is 1. The minimum absolute atomic E-state index is 0. The number of benzene rings is 6. The van der Waals surface area contributed by atoms with E-state index < -0.39 is 0 Å². The maximum absolute atomic E-state index is 11.0. The van der Waals surface area contributed by atoms with Crippen molar-refractivity contribution in [2.75, 3.05) is 0 Å². The molecular formula is C44H32N3OPt-. The summed E-state index contributed by atoms with van der Waals surface area (Å²) in [6, 6.07) is 57.1. The fourth-order valence-electron chi connectivity index (χ4n) is 6.43. The monoisotopic (exact) mass is 813 g/mol. The van der Waals surface area contributed by atoms with Crippen LogP contribution in [0.3, 0.4) is 0 Å². The van der Waals surface area contributed by atoms with Gasteiger partial charge in [-0.2, -0.15) is 0 Å². The summed E-state index contributed by atoms with van der Waals surface area (Å²) in [5, 5.41) is 11.0. The Morgan fingerprint density at radius 1 is 0.612 bits per heavy atom. The third-order valence-corrected chi connectivity index (χ3v) is 9.01. The second kappa shape index (κ2) is 13.9. The second-order valence-corrected chi connectivity index (χ2v) is 12.0. The molecule has 49 heavy (non-hydrogen) atoms. The van der Waals surface area contributed by atoms with Gasteiger partial charge in [0.2, 0.25) is 0 Å². The largest absolute Gasteiger partial charge is 0.507 e. The van der Waals surface area contributed by atoms with Crippen LogP contribution in [0.15, 0.2) is 164 Å². The van der Waals surface area contributed by atoms with Crippen LogP contribution in [0.25, 0.3) is 61.6 Å². The number of hydrogen-bond acceptors (Lipinski definition) is 3. The van der Waals surface area contributed by atoms with Gasteiger partial charge in [-0.1, -0.05) is 121 Å². The van der Waals surface area contributed by atoms with Crippen molar-refractivity contribution in [1.29, 1.82) is 0 Å². The molecule has 0 bridgehead atoms. The number of fused-ring (bicyclic) bond motifs is 1. The van der Waals surface area contributed by atoms with Crippen LogP contribution < -0.4 is 0 Å². The summed E-state index contributed by atoms with van der Waals surface area (Å²) >= 11 is 0. The Kier molecular flexibility index (Phi) is 9.07. The second-order valence-electron chi connectivity index (χ2n) is 12.0. The van der Waals surface area contributed by atoms with Crippen molar-refractivity contribution in [3.05, 3.63) is 181 Å². The van der Waals surface area contributed by atoms with Crippen LogP contribution in [0.1, 0.15) is 24.0 Å². The molecule has 0 saturated heterocycles. The molecule has 2 aromatic heterocycles. The smallest absolute Gasteiger partial charge is 0.148 e. The van der Waals surface area contributed by atoms with Crippen LogP contribution in [0, 0.1) is 6.07 Å². The Balaban J connectivity index is 0.00000378. The fourth-order valence-corrected chi connectivity index (χ4v) is 6.43. The van der Waals surface area contributed by atoms with Crippen molar-refractivity contribution in [2.24, 2.45) is 0 Å². The van der Waals surface area contributed by atoms with E-state index in [1.54, 1.807) is 6.07 Å². The molecule has 8 rings (SSSR count). The van der Waals surface area contributed by atoms with Gasteiger partial charge in [-0.3, -0.25) is 9.55 Å². The molecular weight excluding hydrogens is 782 g/mol. The number of pyridine rings is 1. The fraction of sp³-hybridized carbons (Fsp3) is 0.0455. The standard InChI is InChI=1S/C44H32N3O.Pt/c1-30(31-12-4-2-5-13-31)32-22-24-37(25-23-32)47-41-20-11-19-38(43(41)46-44(47)39-18-8-9-21-42(39)48)35-16-10-17-36(28-35)40-29-34(26-27-45-40)33-14-6-3-7-15-33;/h2-27,29-30,48H,1H3;/q-1;. The zero-order chi connectivity index (χ0) is 32.5. The van der Waals surface area contributed by atoms with Crippen molar-refractivity contribution in [3.63, 3.8) is 0 Å². The quantitative estimate of drug-likeness (QED) is 0.163. The Morgan fingerprint density at radius 2 is 1.27 bits per heavy atom. The molecule has 0 fully saturated rings. The summed E-state index contributed by atoms with van der Waals surface area (Å²) in [5.41, 5.74) is 11.8. The number of aromatic nitrogens is 3. The minimum Gasteiger partial charge on any atom is -0.507 e. The van der Waals surface area contributed by atoms with Crippen molar-refractivity contribution in [1.82, 2.24) is 14.5 Å². The molecule has 0 radical (unpaired) electrons. The molecule has 6 aromatic carbocycles. The van der Waals surface area contributed by atoms with Gasteiger partial charge < -0.3 is 5.11 Å². The van der Waals surface area contributed by atoms with E-state index >= 15 is 0 Å². The van der Waals surface area contributed by atoms with E-state index in [-0.39, 0.29) is 32.7 Å². The normalized spacial score (nSPS) is 11.6. The van der Waals surface area contributed by atoms with Gasteiger partial charge in [0.25, 0.3) is 0 Å². The topological polar surface area (TPSA) is 50.9 Å². The molecule has 1 unspecified atom stereocenters. The summed E-state index contributed by atoms with van der Waals surface area (Å²) < 4.78 is 2.14. The number of phenolic OH excluding ortho intramolecular Hbond substituents is 1. The van der Waals surface area contributed by atoms with E-state index in [9.17, 15) is 5.11 Å². The van der Waals surface area contributed by atoms with Crippen LogP contribution >= 0.6 is 0 Å². The van der Waals surface area contributed by atoms with Gasteiger partial charge >= 0.3 is 0 Å². The zero-order valence-electron chi connectivity index (χ0n) is 26.8. The molecule has 0 aliphatic rings. The van der Waals surface area contributed by atoms with E-state index in [4.69, 9.17) is 9.97 Å². The number of phenols is 1. The first-order valence-electron chi connectivity index (χ1n) is 16.1. The van der Waals surface area contributed by atoms with E-state index in [1.807, 2.05) is 66.9 Å². The first-order chi connectivity index (χ1) is 23.6. The molecule has 0 saturated carbocycles. The van der Waals surface area contributed by atoms with Gasteiger partial charge in [-0.15, -0.1) is 29.8 Å². The van der Waals surface area contributed by atoms with Gasteiger partial charge in [0.15, 0.2) is 0 Å². The Bertz CT molecular complexity index is 2370. The van der Waals surface area contributed by atoms with Gasteiger partial charge in [0, 0.05) is 44.6 Å². The predicted molar refractivity (Wildman–Crippen MR) is 195 cm³/mol. The first-order valence-corrected chi connectivity index (χ1v) is 16.1. The Labute approximate surface area is 300 Å². The molecule has 1 atom stereocenters. The molecule has 8 aromatic rings. The zero-order valence-corrected chi connectivity index (χ0v) is 29.0. The summed E-state index contributed by atoms with van der Waals surface area (Å²) in [5.74, 6) is 1.12. The van der Waals surface area contributed by atoms with Crippen molar-refractivity contribution < 1.29 is 26.2 Å². The van der Waals surface area contributed by atoms with Crippen LogP contribution in [-0.2, 0) is 21.1 Å². The van der Waals surface area contributed by atoms with Crippen molar-refractivity contribution in [2.45, 2.75) is 12.8 Å². The summed E-state index contributed by atoms with van der Waals surface area (Å²) in [7, 11) is 0. The molecule has 0 aliphatic carbocycles. The molecule has 0 aliphatic heterocycles. The third-order valence-electron chi connectivity index (χ3n) is 9.01. The summed E-state index contributed by atoms with van der Waals surface area (Å²) in [6.07, 6.45) is 1.85. The molecule has 5 heteroatoms. The van der Waals surface area contributed by atoms with Crippen molar-refractivity contribution >= 4 is 11.0 Å². The van der Waals surface area contributed by atoms with Crippen LogP contribution in [-0.4, -0.2) is 19.6 Å². The first kappa shape index (κ1) is 32.0. The Hall–Kier alpha value is -5.57. The van der Waals surface area contributed by atoms with Gasteiger partial charge in [-0.25, -0.2) is 4.98 Å². The number of hydrogen-bond donors (Lipinski definition) is 1. The number of aromatic hydroxyl groups is 1. The van der Waals surface area contributed by atoms with E-state index in [0.29, 0.717) is 11.4 Å². The van der Waals surface area contributed by atoms with Crippen molar-refractivity contribution in [3.8, 4) is 56.3 Å². The Morgan fingerprint density at radius 3 is 2.04 bits per heavy atom. The van der Waals surface area contributed by atoms with E-state index in [1.165, 1.54) is 11.1 Å². The average Bonchev–Trinajstić information content (AvgIpc) is 3.55. The maximum Gasteiger partial charge on any atom is 0.148 e. The average molecular weight is 814 g/mol. The predicted octanol–water partition coefficient (Wildman–Crippen LogP) is 10.7. The molecule has 0 spiro atoms. The summed E-state index contributed by atoms with van der Waals surface area (Å²) in [6.45, 7) is 2.23. The summed E-state index contributed by atoms with van der Waals surface area (Å²) in [4.78, 5) is 9.92. The minimum atomic E-state index is 0. The molecule has 1 N–H and O–H groups in total. The van der Waals surface area contributed by atoms with Crippen LogP contribution in [0.5, 0.6) is 5.75 Å². The van der Waals surface area contributed by atoms with E-state index in [2.05, 4.69) is 109 Å². The molecule has 240 valence electrons. The third kappa shape index (κ3) is 6.24. The van der Waals surface area contributed by atoms with Gasteiger partial charge in [0.1, 0.15) is 11.6 Å². The van der Waals surface area contributed by atoms with Crippen LogP contribution in [0.4, 0.5) is 0 Å². The number of para-hydroxylation sites is 2.